The molecule has 2 aromatic rings. The number of nitrogens with one attached hydrogen (secondary N) is 1. The molecule has 0 spiro atoms. The highest BCUT2D eigenvalue weighted by Crippen LogP contribution is 2.35. The maximum atomic E-state index is 13.3. The summed E-state index contributed by atoms with van der Waals surface area (Å²) in [7, 11) is 0. The monoisotopic (exact) mass is 329 g/mol. The number of hydrogen-bond donors (Lipinski definition) is 1. The molecule has 2 aliphatic rings. The molecule has 0 unspecified atom stereocenters. The van der Waals surface area contributed by atoms with Crippen LogP contribution in [0.4, 0.5) is 14.6 Å². The summed E-state index contributed by atoms with van der Waals surface area (Å²) in [4.78, 5) is 17.2. The van der Waals surface area contributed by atoms with E-state index in [-0.39, 0.29) is 18.9 Å². The van der Waals surface area contributed by atoms with E-state index in [0.717, 1.165) is 22.5 Å². The SMILES string of the molecule is FC1(F)CCC(Nc2nccc3c2C(c2ccncn2)=NC3)CC1. The molecule has 1 N–H and O–H groups in total. The van der Waals surface area contributed by atoms with E-state index in [4.69, 9.17) is 0 Å². The molecule has 0 radical (unpaired) electrons. The van der Waals surface area contributed by atoms with Gasteiger partial charge in [0, 0.05) is 36.8 Å². The second-order valence-corrected chi connectivity index (χ2v) is 6.23. The van der Waals surface area contributed by atoms with Crippen molar-refractivity contribution in [3.8, 4) is 0 Å². The van der Waals surface area contributed by atoms with Crippen LogP contribution < -0.4 is 5.32 Å². The van der Waals surface area contributed by atoms with Gasteiger partial charge in [-0.05, 0) is 30.5 Å². The first-order valence-electron chi connectivity index (χ1n) is 8.06. The Balaban J connectivity index is 1.60. The maximum absolute atomic E-state index is 13.3. The van der Waals surface area contributed by atoms with Crippen molar-refractivity contribution in [1.29, 1.82) is 0 Å². The molecule has 4 rings (SSSR count). The highest BCUT2D eigenvalue weighted by Gasteiger charge is 2.35. The second-order valence-electron chi connectivity index (χ2n) is 6.23. The maximum Gasteiger partial charge on any atom is 0.248 e. The van der Waals surface area contributed by atoms with Crippen LogP contribution in [0.2, 0.25) is 0 Å². The van der Waals surface area contributed by atoms with Crippen LogP contribution in [0.15, 0.2) is 35.8 Å². The molecular weight excluding hydrogens is 312 g/mol. The molecule has 1 fully saturated rings. The number of aliphatic imine (C=N–C) groups is 1. The van der Waals surface area contributed by atoms with Crippen LogP contribution in [-0.2, 0) is 6.54 Å². The van der Waals surface area contributed by atoms with Gasteiger partial charge in [0.1, 0.15) is 12.1 Å². The van der Waals surface area contributed by atoms with Crippen molar-refractivity contribution in [2.45, 2.75) is 44.2 Å². The molecule has 0 atom stereocenters. The highest BCUT2D eigenvalue weighted by atomic mass is 19.3. The summed E-state index contributed by atoms with van der Waals surface area (Å²) in [5.74, 6) is -1.82. The van der Waals surface area contributed by atoms with Crippen LogP contribution in [0, 0.1) is 0 Å². The number of rotatable bonds is 3. The van der Waals surface area contributed by atoms with E-state index >= 15 is 0 Å². The summed E-state index contributed by atoms with van der Waals surface area (Å²) in [6.07, 6.45) is 5.63. The molecule has 1 saturated carbocycles. The van der Waals surface area contributed by atoms with Crippen LogP contribution in [0.5, 0.6) is 0 Å². The first kappa shape index (κ1) is 15.1. The number of alkyl halides is 2. The van der Waals surface area contributed by atoms with Gasteiger partial charge in [-0.3, -0.25) is 4.99 Å². The summed E-state index contributed by atoms with van der Waals surface area (Å²) in [5.41, 5.74) is 3.52. The predicted octanol–water partition coefficient (Wildman–Crippen LogP) is 3.21. The lowest BCUT2D eigenvalue weighted by Gasteiger charge is -2.29. The number of aromatic nitrogens is 3. The van der Waals surface area contributed by atoms with E-state index in [0.29, 0.717) is 25.2 Å². The Labute approximate surface area is 138 Å². The molecule has 1 aliphatic carbocycles. The molecule has 0 amide bonds. The van der Waals surface area contributed by atoms with Gasteiger partial charge < -0.3 is 5.32 Å². The summed E-state index contributed by atoms with van der Waals surface area (Å²) in [5, 5.41) is 3.35. The van der Waals surface area contributed by atoms with Crippen molar-refractivity contribution in [1.82, 2.24) is 15.0 Å². The van der Waals surface area contributed by atoms with Gasteiger partial charge in [-0.1, -0.05) is 0 Å². The minimum absolute atomic E-state index is 0.0101. The van der Waals surface area contributed by atoms with Gasteiger partial charge in [-0.25, -0.2) is 23.7 Å². The number of anilines is 1. The molecule has 3 heterocycles. The molecule has 0 bridgehead atoms. The number of nitrogens with zero attached hydrogens (tertiary/aromatic N) is 4. The number of fused-ring (bicyclic) bond motifs is 1. The fourth-order valence-electron chi connectivity index (χ4n) is 3.27. The first-order valence-corrected chi connectivity index (χ1v) is 8.06. The average Bonchev–Trinajstić information content (AvgIpc) is 3.03. The molecule has 2 aromatic heterocycles. The van der Waals surface area contributed by atoms with E-state index < -0.39 is 5.92 Å². The van der Waals surface area contributed by atoms with E-state index in [9.17, 15) is 8.78 Å². The third kappa shape index (κ3) is 2.86. The van der Waals surface area contributed by atoms with E-state index in [1.807, 2.05) is 12.1 Å². The highest BCUT2D eigenvalue weighted by molar-refractivity contribution is 6.16. The summed E-state index contributed by atoms with van der Waals surface area (Å²) in [6.45, 7) is 0.578. The molecule has 1 aliphatic heterocycles. The second kappa shape index (κ2) is 5.89. The van der Waals surface area contributed by atoms with E-state index in [2.05, 4.69) is 25.3 Å². The summed E-state index contributed by atoms with van der Waals surface area (Å²) < 4.78 is 26.7. The largest absolute Gasteiger partial charge is 0.367 e. The van der Waals surface area contributed by atoms with Crippen molar-refractivity contribution in [3.05, 3.63) is 47.7 Å². The van der Waals surface area contributed by atoms with Gasteiger partial charge >= 0.3 is 0 Å². The first-order chi connectivity index (χ1) is 11.6. The fraction of sp³-hybridized carbons (Fsp3) is 0.412. The van der Waals surface area contributed by atoms with Gasteiger partial charge in [0.2, 0.25) is 5.92 Å². The lowest BCUT2D eigenvalue weighted by atomic mass is 9.92. The minimum Gasteiger partial charge on any atom is -0.367 e. The zero-order valence-electron chi connectivity index (χ0n) is 13.0. The van der Waals surface area contributed by atoms with Gasteiger partial charge in [-0.2, -0.15) is 0 Å². The topological polar surface area (TPSA) is 63.1 Å². The van der Waals surface area contributed by atoms with Crippen molar-refractivity contribution in [2.75, 3.05) is 5.32 Å². The lowest BCUT2D eigenvalue weighted by Crippen LogP contribution is -2.32. The van der Waals surface area contributed by atoms with Gasteiger partial charge in [0.05, 0.1) is 18.0 Å². The molecule has 0 saturated heterocycles. The Bertz CT molecular complexity index is 766. The van der Waals surface area contributed by atoms with Crippen LogP contribution in [-0.4, -0.2) is 32.6 Å². The fourth-order valence-corrected chi connectivity index (χ4v) is 3.27. The zero-order chi connectivity index (χ0) is 16.6. The molecule has 124 valence electrons. The van der Waals surface area contributed by atoms with Crippen LogP contribution >= 0.6 is 0 Å². The van der Waals surface area contributed by atoms with Gasteiger partial charge in [-0.15, -0.1) is 0 Å². The Morgan fingerprint density at radius 1 is 1.08 bits per heavy atom. The Morgan fingerprint density at radius 2 is 1.92 bits per heavy atom. The third-order valence-corrected chi connectivity index (χ3v) is 4.56. The molecular formula is C17H17F2N5. The Hall–Kier alpha value is -2.44. The standard InChI is InChI=1S/C17H17F2N5/c18-17(19)5-1-12(2-6-17)24-16-14-11(3-8-21-16)9-22-15(14)13-4-7-20-10-23-13/h3-4,7-8,10,12H,1-2,5-6,9H2,(H,21,24). The Kier molecular flexibility index (Phi) is 3.70. The van der Waals surface area contributed by atoms with Crippen molar-refractivity contribution < 1.29 is 8.78 Å². The lowest BCUT2D eigenvalue weighted by molar-refractivity contribution is -0.0361. The van der Waals surface area contributed by atoms with Gasteiger partial charge in [0.15, 0.2) is 0 Å². The average molecular weight is 329 g/mol. The number of halogens is 2. The summed E-state index contributed by atoms with van der Waals surface area (Å²) in [6, 6.07) is 3.76. The van der Waals surface area contributed by atoms with E-state index in [1.54, 1.807) is 12.4 Å². The molecule has 7 heteroatoms. The van der Waals surface area contributed by atoms with Crippen molar-refractivity contribution >= 4 is 11.5 Å². The normalized spacial score (nSPS) is 19.7. The van der Waals surface area contributed by atoms with Crippen LogP contribution in [0.25, 0.3) is 0 Å². The summed E-state index contributed by atoms with van der Waals surface area (Å²) >= 11 is 0. The van der Waals surface area contributed by atoms with Crippen LogP contribution in [0.1, 0.15) is 42.5 Å². The molecule has 24 heavy (non-hydrogen) atoms. The smallest absolute Gasteiger partial charge is 0.248 e. The van der Waals surface area contributed by atoms with Gasteiger partial charge in [0.25, 0.3) is 0 Å². The zero-order valence-corrected chi connectivity index (χ0v) is 13.0. The van der Waals surface area contributed by atoms with Crippen molar-refractivity contribution in [2.24, 2.45) is 4.99 Å². The molecule has 0 aromatic carbocycles. The van der Waals surface area contributed by atoms with Crippen LogP contribution in [0.3, 0.4) is 0 Å². The number of pyridine rings is 1. The Morgan fingerprint density at radius 3 is 2.67 bits per heavy atom. The third-order valence-electron chi connectivity index (χ3n) is 4.56. The van der Waals surface area contributed by atoms with Crippen molar-refractivity contribution in [3.63, 3.8) is 0 Å². The predicted molar refractivity (Wildman–Crippen MR) is 86.4 cm³/mol. The minimum atomic E-state index is -2.53. The van der Waals surface area contributed by atoms with E-state index in [1.165, 1.54) is 6.33 Å². The quantitative estimate of drug-likeness (QED) is 0.939. The number of hydrogen-bond acceptors (Lipinski definition) is 5. The molecule has 5 nitrogen and oxygen atoms in total.